The molecule has 124 valence electrons. The van der Waals surface area contributed by atoms with Gasteiger partial charge in [0.2, 0.25) is 0 Å². The zero-order chi connectivity index (χ0) is 15.3. The summed E-state index contributed by atoms with van der Waals surface area (Å²) < 4.78 is 5.79. The van der Waals surface area contributed by atoms with Gasteiger partial charge in [-0.15, -0.1) is 12.4 Å². The zero-order valence-corrected chi connectivity index (χ0v) is 13.6. The molecule has 5 rings (SSSR count). The largest absolute Gasteiger partial charge is 0.633 e. The number of rotatable bonds is 0. The Bertz CT molecular complexity index is 719. The molecule has 5 nitrogen and oxygen atoms in total. The van der Waals surface area contributed by atoms with Crippen LogP contribution in [0.15, 0.2) is 24.3 Å². The molecule has 1 saturated heterocycles. The molecule has 0 saturated carbocycles. The van der Waals surface area contributed by atoms with E-state index in [2.05, 4.69) is 0 Å². The standard InChI is InChI=1S/C17H19NO4.ClH/c1-18(21)7-6-17-10-3-5-13(20)16(17)22-15-12(19)4-2-9(14(15)17)8-11(10)18;/h2-5,10-11,13,16,19-20H,6-8H2,1H3;1H/t10-,11+,13-,16-,17-,18?;/m0./s1. The lowest BCUT2D eigenvalue weighted by Crippen LogP contribution is -2.69. The molecule has 2 N–H and O–H groups in total. The number of aliphatic hydroxyl groups is 1. The van der Waals surface area contributed by atoms with Crippen molar-refractivity contribution in [3.63, 3.8) is 0 Å². The fourth-order valence-electron chi connectivity index (χ4n) is 5.39. The lowest BCUT2D eigenvalue weighted by Gasteiger charge is -2.61. The second-order valence-electron chi connectivity index (χ2n) is 7.35. The van der Waals surface area contributed by atoms with E-state index in [1.165, 1.54) is 0 Å². The summed E-state index contributed by atoms with van der Waals surface area (Å²) in [6.45, 7) is 0.524. The second kappa shape index (κ2) is 4.42. The van der Waals surface area contributed by atoms with Crippen molar-refractivity contribution in [2.24, 2.45) is 5.92 Å². The number of hydroxylamine groups is 3. The number of ether oxygens (including phenoxy) is 1. The average Bonchev–Trinajstić information content (AvgIpc) is 2.84. The van der Waals surface area contributed by atoms with Gasteiger partial charge < -0.3 is 24.8 Å². The number of phenols is 1. The summed E-state index contributed by atoms with van der Waals surface area (Å²) in [5.74, 6) is 0.722. The third-order valence-electron chi connectivity index (χ3n) is 6.38. The van der Waals surface area contributed by atoms with Crippen molar-refractivity contribution in [3.8, 4) is 11.5 Å². The molecule has 2 aliphatic heterocycles. The Morgan fingerprint density at radius 2 is 2.13 bits per heavy atom. The third kappa shape index (κ3) is 1.59. The minimum absolute atomic E-state index is 0. The van der Waals surface area contributed by atoms with Crippen LogP contribution in [0.3, 0.4) is 0 Å². The highest BCUT2D eigenvalue weighted by atomic mass is 35.5. The van der Waals surface area contributed by atoms with Crippen LogP contribution in [0.1, 0.15) is 17.5 Å². The van der Waals surface area contributed by atoms with Crippen molar-refractivity contribution in [2.45, 2.75) is 36.5 Å². The van der Waals surface area contributed by atoms with E-state index in [0.29, 0.717) is 25.1 Å². The Hall–Kier alpha value is -1.27. The number of likely N-dealkylation sites (tertiary alicyclic amines) is 1. The van der Waals surface area contributed by atoms with Crippen molar-refractivity contribution in [1.82, 2.24) is 0 Å². The molecule has 1 unspecified atom stereocenters. The fraction of sp³-hybridized carbons (Fsp3) is 0.529. The number of hydrogen-bond donors (Lipinski definition) is 2. The molecule has 2 heterocycles. The van der Waals surface area contributed by atoms with Crippen molar-refractivity contribution in [1.29, 1.82) is 0 Å². The Morgan fingerprint density at radius 3 is 2.91 bits per heavy atom. The topological polar surface area (TPSA) is 72.8 Å². The molecular formula is C17H20ClNO4. The van der Waals surface area contributed by atoms with Crippen LogP contribution in [0.25, 0.3) is 0 Å². The molecule has 23 heavy (non-hydrogen) atoms. The van der Waals surface area contributed by atoms with E-state index in [9.17, 15) is 15.4 Å². The van der Waals surface area contributed by atoms with Gasteiger partial charge in [-0.25, -0.2) is 0 Å². The Balaban J connectivity index is 0.00000135. The molecule has 1 fully saturated rings. The van der Waals surface area contributed by atoms with E-state index in [0.717, 1.165) is 11.1 Å². The number of phenolic OH excluding ortho intramolecular Hbond substituents is 1. The summed E-state index contributed by atoms with van der Waals surface area (Å²) in [6.07, 6.45) is 4.07. The summed E-state index contributed by atoms with van der Waals surface area (Å²) in [4.78, 5) is 0. The van der Waals surface area contributed by atoms with E-state index in [1.807, 2.05) is 12.1 Å². The first-order valence-electron chi connectivity index (χ1n) is 7.90. The number of quaternary nitrogens is 1. The predicted octanol–water partition coefficient (Wildman–Crippen LogP) is 1.63. The SMILES string of the molecule is C[N+]1([O-])CC[C@]23c4c5ccc(O)c4O[C@H]2[C@@H](O)C=C[C@H]3[C@H]1C5.Cl. The Morgan fingerprint density at radius 1 is 1.35 bits per heavy atom. The molecule has 0 aromatic heterocycles. The quantitative estimate of drug-likeness (QED) is 0.429. The van der Waals surface area contributed by atoms with Crippen LogP contribution in [0.5, 0.6) is 11.5 Å². The summed E-state index contributed by atoms with van der Waals surface area (Å²) in [7, 11) is 1.76. The van der Waals surface area contributed by atoms with Crippen molar-refractivity contribution in [3.05, 3.63) is 40.6 Å². The van der Waals surface area contributed by atoms with Gasteiger partial charge in [-0.2, -0.15) is 0 Å². The number of nitrogens with zero attached hydrogens (tertiary/aromatic N) is 1. The normalized spacial score (nSPS) is 45.0. The first-order valence-corrected chi connectivity index (χ1v) is 7.90. The lowest BCUT2D eigenvalue weighted by molar-refractivity contribution is -0.898. The average molecular weight is 338 g/mol. The van der Waals surface area contributed by atoms with E-state index in [4.69, 9.17) is 4.74 Å². The summed E-state index contributed by atoms with van der Waals surface area (Å²) in [5.41, 5.74) is 1.78. The van der Waals surface area contributed by atoms with Gasteiger partial charge in [0, 0.05) is 24.3 Å². The molecule has 0 radical (unpaired) electrons. The number of benzene rings is 1. The minimum atomic E-state index is -0.696. The van der Waals surface area contributed by atoms with Gasteiger partial charge in [-0.3, -0.25) is 0 Å². The molecule has 2 aliphatic carbocycles. The zero-order valence-electron chi connectivity index (χ0n) is 12.8. The van der Waals surface area contributed by atoms with Crippen molar-refractivity contribution < 1.29 is 19.6 Å². The Labute approximate surface area is 140 Å². The third-order valence-corrected chi connectivity index (χ3v) is 6.38. The van der Waals surface area contributed by atoms with Gasteiger partial charge >= 0.3 is 0 Å². The van der Waals surface area contributed by atoms with Crippen LogP contribution in [-0.4, -0.2) is 46.7 Å². The van der Waals surface area contributed by atoms with Crippen molar-refractivity contribution in [2.75, 3.05) is 13.6 Å². The summed E-state index contributed by atoms with van der Waals surface area (Å²) in [5, 5.41) is 33.6. The Kier molecular flexibility index (Phi) is 2.93. The summed E-state index contributed by atoms with van der Waals surface area (Å²) >= 11 is 0. The van der Waals surface area contributed by atoms with Gasteiger partial charge in [0.05, 0.1) is 25.0 Å². The van der Waals surface area contributed by atoms with Gasteiger partial charge in [-0.1, -0.05) is 18.2 Å². The van der Waals surface area contributed by atoms with E-state index in [1.54, 1.807) is 19.2 Å². The van der Waals surface area contributed by atoms with Gasteiger partial charge in [0.25, 0.3) is 0 Å². The monoisotopic (exact) mass is 337 g/mol. The van der Waals surface area contributed by atoms with Crippen LogP contribution >= 0.6 is 12.4 Å². The maximum Gasteiger partial charge on any atom is 0.165 e. The molecule has 6 atom stereocenters. The highest BCUT2D eigenvalue weighted by molar-refractivity contribution is 5.85. The number of likely N-dealkylation sites (N-methyl/N-ethyl adjacent to an activating group) is 1. The smallest absolute Gasteiger partial charge is 0.165 e. The van der Waals surface area contributed by atoms with E-state index in [-0.39, 0.29) is 40.2 Å². The molecule has 6 heteroatoms. The lowest BCUT2D eigenvalue weighted by atomic mass is 9.53. The van der Waals surface area contributed by atoms with Crippen LogP contribution < -0.4 is 4.74 Å². The molecule has 1 aromatic carbocycles. The predicted molar refractivity (Wildman–Crippen MR) is 86.6 cm³/mol. The number of hydrogen-bond acceptors (Lipinski definition) is 4. The van der Waals surface area contributed by atoms with Gasteiger partial charge in [0.15, 0.2) is 11.5 Å². The maximum absolute atomic E-state index is 12.9. The summed E-state index contributed by atoms with van der Waals surface area (Å²) in [6, 6.07) is 3.51. The van der Waals surface area contributed by atoms with Gasteiger partial charge in [0.1, 0.15) is 12.2 Å². The molecule has 1 aromatic rings. The molecular weight excluding hydrogens is 318 g/mol. The van der Waals surface area contributed by atoms with Crippen LogP contribution in [0.2, 0.25) is 0 Å². The van der Waals surface area contributed by atoms with E-state index >= 15 is 0 Å². The number of aliphatic hydroxyl groups excluding tert-OH is 1. The molecule has 1 spiro atoms. The fourth-order valence-corrected chi connectivity index (χ4v) is 5.39. The van der Waals surface area contributed by atoms with Crippen LogP contribution in [0.4, 0.5) is 0 Å². The first kappa shape index (κ1) is 15.3. The van der Waals surface area contributed by atoms with Crippen LogP contribution in [0, 0.1) is 11.1 Å². The maximum atomic E-state index is 12.9. The molecule has 2 bridgehead atoms. The number of aromatic hydroxyl groups is 1. The van der Waals surface area contributed by atoms with Gasteiger partial charge in [-0.05, 0) is 11.6 Å². The first-order chi connectivity index (χ1) is 10.4. The number of halogens is 1. The minimum Gasteiger partial charge on any atom is -0.633 e. The molecule has 0 amide bonds. The number of piperidine rings is 1. The van der Waals surface area contributed by atoms with Crippen LogP contribution in [-0.2, 0) is 11.8 Å². The highest BCUT2D eigenvalue weighted by Crippen LogP contribution is 2.63. The van der Waals surface area contributed by atoms with Crippen molar-refractivity contribution >= 4 is 12.4 Å². The molecule has 4 aliphatic rings. The van der Waals surface area contributed by atoms with E-state index < -0.39 is 12.2 Å². The second-order valence-corrected chi connectivity index (χ2v) is 7.35. The highest BCUT2D eigenvalue weighted by Gasteiger charge is 2.66.